The summed E-state index contributed by atoms with van der Waals surface area (Å²) in [5.41, 5.74) is 0.105. The number of hydrogen-bond donors (Lipinski definition) is 8. The molecule has 0 aromatic rings. The average molecular weight is 1610 g/mol. The third-order valence-electron chi connectivity index (χ3n) is 15.5. The lowest BCUT2D eigenvalue weighted by Gasteiger charge is -2.24. The summed E-state index contributed by atoms with van der Waals surface area (Å²) >= 11 is 0. The van der Waals surface area contributed by atoms with E-state index in [0.29, 0.717) is 81.4 Å². The number of esters is 8. The van der Waals surface area contributed by atoms with Crippen LogP contribution in [0.3, 0.4) is 0 Å². The van der Waals surface area contributed by atoms with Crippen molar-refractivity contribution in [3.63, 3.8) is 0 Å². The van der Waals surface area contributed by atoms with Crippen LogP contribution in [0.2, 0.25) is 0 Å². The highest BCUT2D eigenvalue weighted by Gasteiger charge is 2.27. The van der Waals surface area contributed by atoms with Gasteiger partial charge in [0.25, 0.3) is 0 Å². The lowest BCUT2D eigenvalue weighted by Crippen LogP contribution is -2.41. The van der Waals surface area contributed by atoms with E-state index in [1.807, 2.05) is 215 Å². The van der Waals surface area contributed by atoms with Gasteiger partial charge < -0.3 is 80.4 Å². The van der Waals surface area contributed by atoms with Gasteiger partial charge in [-0.1, -0.05) is 215 Å². The molecule has 0 heterocycles. The zero-order valence-corrected chi connectivity index (χ0v) is 76.1. The van der Waals surface area contributed by atoms with E-state index in [1.54, 1.807) is 27.7 Å². The molecule has 0 bridgehead atoms. The minimum absolute atomic E-state index is 0. The van der Waals surface area contributed by atoms with Gasteiger partial charge in [-0.3, -0.25) is 38.4 Å². The van der Waals surface area contributed by atoms with E-state index < -0.39 is 0 Å². The van der Waals surface area contributed by atoms with Crippen molar-refractivity contribution in [3.8, 4) is 0 Å². The Balaban J connectivity index is -0.000000184. The number of ether oxygens (including phenoxy) is 8. The Labute approximate surface area is 688 Å². The highest BCUT2D eigenvalue weighted by molar-refractivity contribution is 5.78. The summed E-state index contributed by atoms with van der Waals surface area (Å²) in [4.78, 5) is 91.3. The predicted octanol–water partition coefficient (Wildman–Crippen LogP) is 16.4. The maximum absolute atomic E-state index is 11.7. The molecule has 0 saturated heterocycles. The minimum atomic E-state index is -0.225. The van der Waals surface area contributed by atoms with Gasteiger partial charge in [-0.05, 0) is 163 Å². The molecule has 24 nitrogen and oxygen atoms in total. The molecule has 672 valence electrons. The number of carbonyl (C=O) groups is 8. The second-order valence-electron chi connectivity index (χ2n) is 35.4. The van der Waals surface area contributed by atoms with Crippen LogP contribution >= 0.6 is 0 Å². The topological polar surface area (TPSA) is 307 Å². The molecule has 0 spiro atoms. The van der Waals surface area contributed by atoms with Crippen molar-refractivity contribution in [1.82, 2.24) is 42.5 Å². The van der Waals surface area contributed by atoms with Crippen molar-refractivity contribution in [2.75, 3.05) is 33.0 Å². The largest absolute Gasteiger partial charge is 0.465 e. The van der Waals surface area contributed by atoms with Crippen LogP contribution in [0, 0.1) is 16.2 Å². The lowest BCUT2D eigenvalue weighted by atomic mass is 9.98. The van der Waals surface area contributed by atoms with Crippen molar-refractivity contribution < 1.29 is 76.3 Å². The van der Waals surface area contributed by atoms with Crippen LogP contribution in [-0.2, 0) is 76.3 Å². The smallest absolute Gasteiger partial charge is 0.323 e. The zero-order valence-electron chi connectivity index (χ0n) is 76.1. The Morgan fingerprint density at radius 2 is 0.375 bits per heavy atom. The number of hydrogen-bond acceptors (Lipinski definition) is 24. The summed E-state index contributed by atoms with van der Waals surface area (Å²) in [6.07, 6.45) is 17.8. The Morgan fingerprint density at radius 3 is 0.500 bits per heavy atom. The highest BCUT2D eigenvalue weighted by Crippen LogP contribution is 2.23. The summed E-state index contributed by atoms with van der Waals surface area (Å²) < 4.78 is 41.5. The van der Waals surface area contributed by atoms with E-state index in [1.165, 1.54) is 57.8 Å². The summed E-state index contributed by atoms with van der Waals surface area (Å²) in [5, 5.41) is 24.9. The third-order valence-corrected chi connectivity index (χ3v) is 15.5. The molecule has 3 aliphatic rings. The fourth-order valence-corrected chi connectivity index (χ4v) is 10.7. The molecule has 2 unspecified atom stereocenters. The first-order valence-electron chi connectivity index (χ1n) is 41.6. The molecule has 3 aliphatic carbocycles. The van der Waals surface area contributed by atoms with Gasteiger partial charge in [-0.2, -0.15) is 0 Å². The maximum atomic E-state index is 11.7. The first kappa shape index (κ1) is 123. The minimum Gasteiger partial charge on any atom is -0.465 e. The van der Waals surface area contributed by atoms with E-state index in [9.17, 15) is 38.4 Å². The second-order valence-corrected chi connectivity index (χ2v) is 35.4. The number of carbonyl (C=O) groups excluding carboxylic acids is 8. The molecule has 8 atom stereocenters. The monoisotopic (exact) mass is 1610 g/mol. The van der Waals surface area contributed by atoms with Crippen LogP contribution in [0.1, 0.15) is 361 Å². The first-order chi connectivity index (χ1) is 50.1. The Bertz CT molecular complexity index is 2100. The van der Waals surface area contributed by atoms with E-state index in [2.05, 4.69) is 42.5 Å². The summed E-state index contributed by atoms with van der Waals surface area (Å²) in [5.74, 6) is -1.18. The van der Waals surface area contributed by atoms with Gasteiger partial charge in [0.2, 0.25) is 0 Å². The maximum Gasteiger partial charge on any atom is 0.323 e. The molecule has 0 amide bonds. The molecule has 3 rings (SSSR count). The van der Waals surface area contributed by atoms with Crippen molar-refractivity contribution in [2.45, 2.75) is 476 Å². The molecule has 0 aromatic carbocycles. The second kappa shape index (κ2) is 69.5. The van der Waals surface area contributed by atoms with Crippen LogP contribution < -0.4 is 42.5 Å². The summed E-state index contributed by atoms with van der Waals surface area (Å²) in [6.45, 7) is 71.2. The van der Waals surface area contributed by atoms with Gasteiger partial charge in [0.05, 0.1) is 33.0 Å². The molecule has 0 aromatic heterocycles. The fraction of sp³-hybridized carbons (Fsp3) is 0.909. The Kier molecular flexibility index (Phi) is 76.4. The highest BCUT2D eigenvalue weighted by atomic mass is 16.6. The Morgan fingerprint density at radius 1 is 0.241 bits per heavy atom. The average Bonchev–Trinajstić information content (AvgIpc) is 0.832. The van der Waals surface area contributed by atoms with E-state index in [-0.39, 0.29) is 153 Å². The zero-order chi connectivity index (χ0) is 85.5. The molecular formula is C88H184N8O16. The molecule has 3 fully saturated rings. The van der Waals surface area contributed by atoms with Gasteiger partial charge in [0.15, 0.2) is 0 Å². The van der Waals surface area contributed by atoms with Crippen molar-refractivity contribution in [3.05, 3.63) is 0 Å². The lowest BCUT2D eigenvalue weighted by molar-refractivity contribution is -0.153. The molecule has 0 radical (unpaired) electrons. The molecular weight excluding hydrogens is 1430 g/mol. The van der Waals surface area contributed by atoms with Gasteiger partial charge in [0.1, 0.15) is 66.6 Å². The predicted molar refractivity (Wildman–Crippen MR) is 465 cm³/mol. The van der Waals surface area contributed by atoms with Gasteiger partial charge in [-0.15, -0.1) is 0 Å². The van der Waals surface area contributed by atoms with Crippen LogP contribution in [0.25, 0.3) is 0 Å². The van der Waals surface area contributed by atoms with Gasteiger partial charge >= 0.3 is 47.8 Å². The molecule has 8 N–H and O–H groups in total. The van der Waals surface area contributed by atoms with Gasteiger partial charge in [0, 0.05) is 48.3 Å². The van der Waals surface area contributed by atoms with Crippen LogP contribution in [0.15, 0.2) is 0 Å². The number of nitrogens with one attached hydrogen (secondary N) is 8. The van der Waals surface area contributed by atoms with E-state index in [4.69, 9.17) is 37.9 Å². The van der Waals surface area contributed by atoms with Crippen molar-refractivity contribution in [2.24, 2.45) is 16.2 Å². The summed E-state index contributed by atoms with van der Waals surface area (Å²) in [6, 6.07) is 0.842. The standard InChI is InChI=1S/3C12H23NO2.3C11H23NO2.2C8H17NO2.3CH4/c3*1-9(2)13-10(3)12(14)15-11-7-5-4-6-8-11;3*1-8(2)12-9(3)10(13)14-7-11(4,5)6;2*1-5-11-8(10)7(4)9-6(2)3;;;/h3*9-11,13H,4-8H2,1-3H3;3*8-9,12H,7H2,1-6H3;2*6-7,9H,5H2,1-4H3;3*1H4/t2*10-;;2*9-;;2*7-;;;/m10.10.10.../s1. The van der Waals surface area contributed by atoms with Crippen LogP contribution in [-0.4, -0.2) is 196 Å². The fourth-order valence-electron chi connectivity index (χ4n) is 10.7. The van der Waals surface area contributed by atoms with Crippen LogP contribution in [0.4, 0.5) is 0 Å². The molecule has 24 heteroatoms. The normalized spacial score (nSPS) is 16.1. The molecule has 3 saturated carbocycles. The Hall–Kier alpha value is -4.56. The summed E-state index contributed by atoms with van der Waals surface area (Å²) in [7, 11) is 0. The van der Waals surface area contributed by atoms with Crippen LogP contribution in [0.5, 0.6) is 0 Å². The van der Waals surface area contributed by atoms with Crippen molar-refractivity contribution >= 4 is 47.8 Å². The van der Waals surface area contributed by atoms with Gasteiger partial charge in [-0.25, -0.2) is 0 Å². The van der Waals surface area contributed by atoms with E-state index >= 15 is 0 Å². The van der Waals surface area contributed by atoms with E-state index in [0.717, 1.165) is 38.5 Å². The quantitative estimate of drug-likeness (QED) is 0.0229. The molecule has 112 heavy (non-hydrogen) atoms. The SMILES string of the molecule is C.C.C.CC(C)NC(C)C(=O)OC1CCCCC1.CC(C)NC(C)C(=O)OCC(C)(C)C.CC(C)N[C@@H](C)C(=O)OC1CCCCC1.CC(C)N[C@@H](C)C(=O)OCC(C)(C)C.CC(C)N[C@H](C)C(=O)OC1CCCCC1.CC(C)N[C@H](C)C(=O)OCC(C)(C)C.CCOC(=O)[C@@H](C)NC(C)C.CCOC(=O)[C@H](C)NC(C)C. The third kappa shape index (κ3) is 80.6. The number of rotatable bonds is 32. The first-order valence-corrected chi connectivity index (χ1v) is 41.6. The van der Waals surface area contributed by atoms with Crippen molar-refractivity contribution in [1.29, 1.82) is 0 Å². The molecule has 0 aliphatic heterocycles.